The SMILES string of the molecule is C[C@@H]1[C@@H]([Si](C)(C)O)[C@H](CC(=O)N(CCO)Cc2ccccc2)O[C@@]12C(=O)N(Cc1ccc(-n3[nH]c4ccccc4c3=O)cc1)c1ccc(Br)cc12. The van der Waals surface area contributed by atoms with Crippen molar-refractivity contribution in [1.82, 2.24) is 14.7 Å². The number of aliphatic hydroxyl groups is 1. The number of ether oxygens (including phenoxy) is 1. The second-order valence-corrected chi connectivity index (χ2v) is 19.0. The Labute approximate surface area is 305 Å². The number of rotatable bonds is 10. The molecule has 4 atom stereocenters. The molecule has 1 spiro atoms. The summed E-state index contributed by atoms with van der Waals surface area (Å²) in [4.78, 5) is 56.8. The van der Waals surface area contributed by atoms with E-state index in [-0.39, 0.29) is 43.5 Å². The number of aromatic amines is 1. The zero-order chi connectivity index (χ0) is 36.1. The monoisotopic (exact) mass is 768 g/mol. The molecule has 51 heavy (non-hydrogen) atoms. The maximum Gasteiger partial charge on any atom is 0.279 e. The fourth-order valence-electron chi connectivity index (χ4n) is 8.10. The number of carbonyl (C=O) groups excluding carboxylic acids is 2. The molecule has 1 fully saturated rings. The Bertz CT molecular complexity index is 2150. The Balaban J connectivity index is 1.19. The van der Waals surface area contributed by atoms with Gasteiger partial charge in [0.15, 0.2) is 13.9 Å². The van der Waals surface area contributed by atoms with Crippen LogP contribution in [-0.2, 0) is 33.0 Å². The highest BCUT2D eigenvalue weighted by atomic mass is 79.9. The number of aliphatic hydroxyl groups excluding tert-OH is 1. The summed E-state index contributed by atoms with van der Waals surface area (Å²) in [5, 5.41) is 13.6. The van der Waals surface area contributed by atoms with Gasteiger partial charge in [0.25, 0.3) is 11.5 Å². The predicted molar refractivity (Wildman–Crippen MR) is 202 cm³/mol. The van der Waals surface area contributed by atoms with Gasteiger partial charge < -0.3 is 24.4 Å². The molecule has 1 saturated heterocycles. The summed E-state index contributed by atoms with van der Waals surface area (Å²) in [5.74, 6) is -0.894. The van der Waals surface area contributed by atoms with E-state index in [0.29, 0.717) is 28.9 Å². The van der Waals surface area contributed by atoms with Crippen molar-refractivity contribution in [2.45, 2.75) is 56.8 Å². The number of anilines is 1. The van der Waals surface area contributed by atoms with Crippen molar-refractivity contribution in [3.63, 3.8) is 0 Å². The first-order valence-corrected chi connectivity index (χ1v) is 21.0. The zero-order valence-electron chi connectivity index (χ0n) is 28.8. The fraction of sp³-hybridized carbons (Fsp3) is 0.308. The molecule has 0 saturated carbocycles. The molecule has 12 heteroatoms. The van der Waals surface area contributed by atoms with Crippen molar-refractivity contribution in [2.75, 3.05) is 18.1 Å². The first-order valence-electron chi connectivity index (χ1n) is 17.2. The highest BCUT2D eigenvalue weighted by Crippen LogP contribution is 2.60. The number of para-hydroxylation sites is 1. The van der Waals surface area contributed by atoms with Gasteiger partial charge in [-0.25, -0.2) is 4.68 Å². The van der Waals surface area contributed by atoms with Gasteiger partial charge >= 0.3 is 0 Å². The van der Waals surface area contributed by atoms with Gasteiger partial charge in [0.05, 0.1) is 48.0 Å². The molecule has 1 aromatic heterocycles. The molecule has 5 aromatic rings. The lowest BCUT2D eigenvalue weighted by Gasteiger charge is -2.32. The lowest BCUT2D eigenvalue weighted by molar-refractivity contribution is -0.150. The van der Waals surface area contributed by atoms with Crippen LogP contribution in [0.1, 0.15) is 30.0 Å². The molecular weight excluding hydrogens is 728 g/mol. The number of halogens is 1. The van der Waals surface area contributed by atoms with E-state index in [2.05, 4.69) is 21.0 Å². The van der Waals surface area contributed by atoms with Crippen LogP contribution in [0.15, 0.2) is 106 Å². The molecule has 3 heterocycles. The number of hydrogen-bond acceptors (Lipinski definition) is 6. The number of fused-ring (bicyclic) bond motifs is 3. The number of aromatic nitrogens is 2. The second kappa shape index (κ2) is 13.7. The van der Waals surface area contributed by atoms with Crippen LogP contribution < -0.4 is 10.5 Å². The van der Waals surface area contributed by atoms with E-state index in [0.717, 1.165) is 21.1 Å². The molecule has 0 aliphatic carbocycles. The molecule has 3 N–H and O–H groups in total. The third-order valence-corrected chi connectivity index (χ3v) is 13.4. The minimum absolute atomic E-state index is 0.0359. The highest BCUT2D eigenvalue weighted by Gasteiger charge is 2.66. The van der Waals surface area contributed by atoms with Gasteiger partial charge in [-0.15, -0.1) is 0 Å². The third-order valence-electron chi connectivity index (χ3n) is 10.4. The van der Waals surface area contributed by atoms with E-state index in [1.54, 1.807) is 15.9 Å². The van der Waals surface area contributed by atoms with Gasteiger partial charge in [0.1, 0.15) is 0 Å². The van der Waals surface area contributed by atoms with Crippen LogP contribution in [0.25, 0.3) is 16.6 Å². The zero-order valence-corrected chi connectivity index (χ0v) is 31.3. The molecule has 7 rings (SSSR count). The average Bonchev–Trinajstić information content (AvgIpc) is 3.68. The quantitative estimate of drug-likeness (QED) is 0.153. The normalized spacial score (nSPS) is 21.5. The van der Waals surface area contributed by atoms with E-state index in [9.17, 15) is 24.3 Å². The summed E-state index contributed by atoms with van der Waals surface area (Å²) in [7, 11) is -3.01. The minimum atomic E-state index is -3.01. The summed E-state index contributed by atoms with van der Waals surface area (Å²) in [6.45, 7) is 6.17. The Kier molecular flexibility index (Phi) is 9.40. The Morgan fingerprint density at radius 1 is 0.980 bits per heavy atom. The summed E-state index contributed by atoms with van der Waals surface area (Å²) in [6.07, 6.45) is -0.757. The Morgan fingerprint density at radius 3 is 2.37 bits per heavy atom. The van der Waals surface area contributed by atoms with Crippen molar-refractivity contribution in [3.05, 3.63) is 129 Å². The van der Waals surface area contributed by atoms with Crippen molar-refractivity contribution >= 4 is 52.7 Å². The molecule has 2 aliphatic heterocycles. The number of benzene rings is 4. The van der Waals surface area contributed by atoms with Crippen LogP contribution in [0.3, 0.4) is 0 Å². The number of carbonyl (C=O) groups is 2. The summed E-state index contributed by atoms with van der Waals surface area (Å²) >= 11 is 3.61. The number of amides is 2. The van der Waals surface area contributed by atoms with E-state index in [1.165, 1.54) is 4.68 Å². The first kappa shape index (κ1) is 35.1. The van der Waals surface area contributed by atoms with Gasteiger partial charge in [-0.05, 0) is 66.7 Å². The lowest BCUT2D eigenvalue weighted by atomic mass is 9.82. The van der Waals surface area contributed by atoms with Crippen molar-refractivity contribution in [1.29, 1.82) is 0 Å². The molecule has 0 unspecified atom stereocenters. The highest BCUT2D eigenvalue weighted by molar-refractivity contribution is 9.10. The van der Waals surface area contributed by atoms with E-state index >= 15 is 0 Å². The van der Waals surface area contributed by atoms with Gasteiger partial charge in [-0.1, -0.05) is 77.5 Å². The van der Waals surface area contributed by atoms with E-state index in [1.807, 2.05) is 111 Å². The molecule has 2 aliphatic rings. The largest absolute Gasteiger partial charge is 0.432 e. The Hall–Kier alpha value is -4.33. The Morgan fingerprint density at radius 2 is 1.69 bits per heavy atom. The molecule has 10 nitrogen and oxygen atoms in total. The summed E-state index contributed by atoms with van der Waals surface area (Å²) in [5.41, 5.74) is 2.64. The molecule has 264 valence electrons. The number of hydrogen-bond donors (Lipinski definition) is 3. The summed E-state index contributed by atoms with van der Waals surface area (Å²) < 4.78 is 9.20. The molecule has 0 bridgehead atoms. The maximum atomic E-state index is 14.9. The van der Waals surface area contributed by atoms with Crippen LogP contribution >= 0.6 is 15.9 Å². The molecular formula is C39H41BrN4O6Si. The first-order chi connectivity index (χ1) is 24.4. The van der Waals surface area contributed by atoms with Crippen molar-refractivity contribution in [2.24, 2.45) is 5.92 Å². The lowest BCUT2D eigenvalue weighted by Crippen LogP contribution is -2.46. The topological polar surface area (TPSA) is 128 Å². The van der Waals surface area contributed by atoms with Crippen molar-refractivity contribution in [3.8, 4) is 5.69 Å². The summed E-state index contributed by atoms with van der Waals surface area (Å²) in [6, 6.07) is 30.2. The smallest absolute Gasteiger partial charge is 0.279 e. The number of nitrogens with one attached hydrogen (secondary N) is 1. The number of H-pyrrole nitrogens is 1. The van der Waals surface area contributed by atoms with Crippen molar-refractivity contribution < 1.29 is 24.2 Å². The maximum absolute atomic E-state index is 14.9. The van der Waals surface area contributed by atoms with Crippen LogP contribution in [0, 0.1) is 5.92 Å². The third kappa shape index (κ3) is 6.29. The number of nitrogens with zero attached hydrogens (tertiary/aromatic N) is 3. The molecule has 4 aromatic carbocycles. The van der Waals surface area contributed by atoms with Gasteiger partial charge in [-0.2, -0.15) is 0 Å². The van der Waals surface area contributed by atoms with Crippen LogP contribution in [0.5, 0.6) is 0 Å². The van der Waals surface area contributed by atoms with Crippen LogP contribution in [0.2, 0.25) is 18.6 Å². The van der Waals surface area contributed by atoms with Gasteiger partial charge in [0.2, 0.25) is 5.91 Å². The minimum Gasteiger partial charge on any atom is -0.432 e. The van der Waals surface area contributed by atoms with Gasteiger partial charge in [-0.3, -0.25) is 19.5 Å². The standard InChI is InChI=1S/C39H41BrN4O6Si/c1-25-36(51(2,3)49)34(22-35(46)42(19-20-45)23-26-9-5-4-6-10-26)50-39(25)31-21-28(40)15-18-33(31)43(38(39)48)24-27-13-16-29(17-14-27)44-37(47)30-11-7-8-12-32(30)41-44/h4-18,21,25,34,36,41,45,49H,19-20,22-24H2,1-3H3/t25-,34+,36-,39+/m1/s1. The van der Waals surface area contributed by atoms with E-state index in [4.69, 9.17) is 4.74 Å². The van der Waals surface area contributed by atoms with Gasteiger partial charge in [0, 0.05) is 34.6 Å². The molecule has 0 radical (unpaired) electrons. The second-order valence-electron chi connectivity index (χ2n) is 14.1. The van der Waals surface area contributed by atoms with Crippen LogP contribution in [-0.4, -0.2) is 64.0 Å². The molecule has 2 amide bonds. The van der Waals surface area contributed by atoms with E-state index < -0.39 is 31.5 Å². The predicted octanol–water partition coefficient (Wildman–Crippen LogP) is 5.84. The average molecular weight is 770 g/mol. The van der Waals surface area contributed by atoms with Crippen LogP contribution in [0.4, 0.5) is 5.69 Å². The fourth-order valence-corrected chi connectivity index (χ4v) is 11.0.